The molecule has 0 aliphatic rings. The summed E-state index contributed by atoms with van der Waals surface area (Å²) in [4.78, 5) is 12.2. The zero-order valence-corrected chi connectivity index (χ0v) is 13.8. The van der Waals surface area contributed by atoms with Crippen molar-refractivity contribution >= 4 is 11.6 Å². The van der Waals surface area contributed by atoms with Gasteiger partial charge in [0.15, 0.2) is 6.54 Å². The van der Waals surface area contributed by atoms with Crippen LogP contribution < -0.4 is 10.6 Å². The van der Waals surface area contributed by atoms with E-state index in [1.54, 1.807) is 12.1 Å². The van der Waals surface area contributed by atoms with Crippen molar-refractivity contribution in [1.29, 1.82) is 0 Å². The van der Waals surface area contributed by atoms with E-state index >= 15 is 0 Å². The average molecular weight is 315 g/mol. The Bertz CT molecular complexity index is 653. The molecule has 2 rings (SSSR count). The highest BCUT2D eigenvalue weighted by Crippen LogP contribution is 2.23. The number of carbonyl (C=O) groups excluding carboxylic acids is 1. The average Bonchev–Trinajstić information content (AvgIpc) is 2.53. The molecule has 1 amide bonds. The van der Waals surface area contributed by atoms with Crippen LogP contribution in [0.2, 0.25) is 0 Å². The van der Waals surface area contributed by atoms with Gasteiger partial charge in [-0.1, -0.05) is 44.2 Å². The van der Waals surface area contributed by atoms with Crippen molar-refractivity contribution in [3.63, 3.8) is 0 Å². The predicted octanol–water partition coefficient (Wildman–Crippen LogP) is 3.21. The summed E-state index contributed by atoms with van der Waals surface area (Å²) in [6, 6.07) is 14.4. The molecule has 0 saturated carbocycles. The number of para-hydroxylation sites is 1. The van der Waals surface area contributed by atoms with Gasteiger partial charge in [0.05, 0.1) is 0 Å². The van der Waals surface area contributed by atoms with E-state index in [4.69, 9.17) is 0 Å². The standard InChI is InChI=1S/C19H23FN2O/c1-13(2)17-6-4-5-7-18(17)22-19(23)12-21-14(3)15-8-10-16(20)11-9-15/h4-11,13-14,21H,12H2,1-3H3,(H,22,23)/p+1/t14-/m0/s1. The summed E-state index contributed by atoms with van der Waals surface area (Å²) >= 11 is 0. The second-order valence-corrected chi connectivity index (χ2v) is 6.07. The molecule has 0 aliphatic heterocycles. The van der Waals surface area contributed by atoms with Gasteiger partial charge in [-0.15, -0.1) is 0 Å². The third-order valence-corrected chi connectivity index (χ3v) is 3.91. The van der Waals surface area contributed by atoms with Gasteiger partial charge in [-0.2, -0.15) is 0 Å². The minimum absolute atomic E-state index is 0.0351. The number of hydrogen-bond acceptors (Lipinski definition) is 1. The number of quaternary nitrogens is 1. The van der Waals surface area contributed by atoms with Crippen molar-refractivity contribution in [2.75, 3.05) is 11.9 Å². The van der Waals surface area contributed by atoms with Crippen LogP contribution in [-0.4, -0.2) is 12.5 Å². The number of amides is 1. The molecule has 3 nitrogen and oxygen atoms in total. The van der Waals surface area contributed by atoms with Crippen LogP contribution in [0.5, 0.6) is 0 Å². The Morgan fingerprint density at radius 3 is 2.39 bits per heavy atom. The maximum absolute atomic E-state index is 12.9. The number of benzene rings is 2. The molecule has 4 heteroatoms. The van der Waals surface area contributed by atoms with Gasteiger partial charge in [-0.25, -0.2) is 4.39 Å². The normalized spacial score (nSPS) is 12.2. The number of hydrogen-bond donors (Lipinski definition) is 2. The Balaban J connectivity index is 1.91. The molecule has 0 fully saturated rings. The van der Waals surface area contributed by atoms with Crippen LogP contribution >= 0.6 is 0 Å². The molecule has 2 aromatic rings. The molecule has 3 N–H and O–H groups in total. The van der Waals surface area contributed by atoms with Crippen molar-refractivity contribution < 1.29 is 14.5 Å². The van der Waals surface area contributed by atoms with E-state index in [-0.39, 0.29) is 17.8 Å². The number of rotatable bonds is 6. The van der Waals surface area contributed by atoms with Crippen LogP contribution in [0.15, 0.2) is 48.5 Å². The molecule has 122 valence electrons. The highest BCUT2D eigenvalue weighted by Gasteiger charge is 2.13. The molecule has 0 aromatic heterocycles. The molecule has 0 spiro atoms. The molecule has 0 unspecified atom stereocenters. The molecule has 0 heterocycles. The first-order valence-corrected chi connectivity index (χ1v) is 7.95. The lowest BCUT2D eigenvalue weighted by molar-refractivity contribution is -0.682. The number of anilines is 1. The highest BCUT2D eigenvalue weighted by molar-refractivity contribution is 5.92. The first-order chi connectivity index (χ1) is 11.0. The Morgan fingerprint density at radius 1 is 1.09 bits per heavy atom. The van der Waals surface area contributed by atoms with E-state index in [9.17, 15) is 9.18 Å². The van der Waals surface area contributed by atoms with Gasteiger partial charge in [0.1, 0.15) is 11.9 Å². The molecule has 1 atom stereocenters. The summed E-state index contributed by atoms with van der Waals surface area (Å²) in [6.45, 7) is 6.54. The van der Waals surface area contributed by atoms with E-state index < -0.39 is 0 Å². The Labute approximate surface area is 136 Å². The highest BCUT2D eigenvalue weighted by atomic mass is 19.1. The van der Waals surface area contributed by atoms with Gasteiger partial charge < -0.3 is 10.6 Å². The molecular formula is C19H24FN2O+. The molecular weight excluding hydrogens is 291 g/mol. The first-order valence-electron chi connectivity index (χ1n) is 7.95. The van der Waals surface area contributed by atoms with E-state index in [0.717, 1.165) is 16.8 Å². The topological polar surface area (TPSA) is 45.7 Å². The van der Waals surface area contributed by atoms with E-state index in [1.165, 1.54) is 12.1 Å². The Morgan fingerprint density at radius 2 is 1.74 bits per heavy atom. The van der Waals surface area contributed by atoms with E-state index in [1.807, 2.05) is 36.5 Å². The predicted molar refractivity (Wildman–Crippen MR) is 90.8 cm³/mol. The number of nitrogens with one attached hydrogen (secondary N) is 1. The minimum Gasteiger partial charge on any atom is -0.333 e. The fourth-order valence-corrected chi connectivity index (χ4v) is 2.50. The van der Waals surface area contributed by atoms with Crippen molar-refractivity contribution in [3.8, 4) is 0 Å². The van der Waals surface area contributed by atoms with Crippen LogP contribution in [0.4, 0.5) is 10.1 Å². The van der Waals surface area contributed by atoms with Crippen molar-refractivity contribution in [3.05, 3.63) is 65.5 Å². The Hall–Kier alpha value is -2.20. The van der Waals surface area contributed by atoms with Gasteiger partial charge in [-0.05, 0) is 36.6 Å². The summed E-state index contributed by atoms with van der Waals surface area (Å²) < 4.78 is 12.9. The second kappa shape index (κ2) is 7.88. The molecule has 23 heavy (non-hydrogen) atoms. The van der Waals surface area contributed by atoms with Crippen LogP contribution in [0.1, 0.15) is 43.9 Å². The first kappa shape index (κ1) is 17.2. The van der Waals surface area contributed by atoms with Crippen LogP contribution in [-0.2, 0) is 4.79 Å². The van der Waals surface area contributed by atoms with Crippen molar-refractivity contribution in [1.82, 2.24) is 0 Å². The molecule has 0 aliphatic carbocycles. The van der Waals surface area contributed by atoms with Gasteiger partial charge in [0.25, 0.3) is 5.91 Å². The Kier molecular flexibility index (Phi) is 5.88. The number of carbonyl (C=O) groups is 1. The summed E-state index contributed by atoms with van der Waals surface area (Å²) in [5, 5.41) is 4.92. The maximum atomic E-state index is 12.9. The van der Waals surface area contributed by atoms with Gasteiger partial charge in [-0.3, -0.25) is 4.79 Å². The smallest absolute Gasteiger partial charge is 0.279 e. The monoisotopic (exact) mass is 315 g/mol. The van der Waals surface area contributed by atoms with Gasteiger partial charge >= 0.3 is 0 Å². The SMILES string of the molecule is CC(C)c1ccccc1NC(=O)C[NH2+][C@@H](C)c1ccc(F)cc1. The zero-order chi connectivity index (χ0) is 16.8. The lowest BCUT2D eigenvalue weighted by atomic mass is 10.0. The minimum atomic E-state index is -0.246. The third kappa shape index (κ3) is 4.89. The molecule has 2 aromatic carbocycles. The molecule has 0 saturated heterocycles. The third-order valence-electron chi connectivity index (χ3n) is 3.91. The second-order valence-electron chi connectivity index (χ2n) is 6.07. The fraction of sp³-hybridized carbons (Fsp3) is 0.316. The van der Waals surface area contributed by atoms with Crippen LogP contribution in [0.25, 0.3) is 0 Å². The molecule has 0 radical (unpaired) electrons. The van der Waals surface area contributed by atoms with Crippen molar-refractivity contribution in [2.45, 2.75) is 32.7 Å². The van der Waals surface area contributed by atoms with E-state index in [0.29, 0.717) is 12.5 Å². The zero-order valence-electron chi connectivity index (χ0n) is 13.8. The van der Waals surface area contributed by atoms with Gasteiger partial charge in [0.2, 0.25) is 0 Å². The largest absolute Gasteiger partial charge is 0.333 e. The maximum Gasteiger partial charge on any atom is 0.279 e. The summed E-state index contributed by atoms with van der Waals surface area (Å²) in [5.41, 5.74) is 3.00. The quantitative estimate of drug-likeness (QED) is 0.845. The fourth-order valence-electron chi connectivity index (χ4n) is 2.50. The summed E-state index contributed by atoms with van der Waals surface area (Å²) in [7, 11) is 0. The van der Waals surface area contributed by atoms with E-state index in [2.05, 4.69) is 19.2 Å². The van der Waals surface area contributed by atoms with Gasteiger partial charge in [0, 0.05) is 11.3 Å². The lowest BCUT2D eigenvalue weighted by Gasteiger charge is -2.14. The number of nitrogens with two attached hydrogens (primary N) is 1. The summed E-state index contributed by atoms with van der Waals surface area (Å²) in [5.74, 6) is 0.0738. The number of halogens is 1. The molecule has 0 bridgehead atoms. The van der Waals surface area contributed by atoms with Crippen molar-refractivity contribution in [2.24, 2.45) is 0 Å². The van der Waals surface area contributed by atoms with Crippen LogP contribution in [0.3, 0.4) is 0 Å². The lowest BCUT2D eigenvalue weighted by Crippen LogP contribution is -2.86. The van der Waals surface area contributed by atoms with Crippen LogP contribution in [0, 0.1) is 5.82 Å². The summed E-state index contributed by atoms with van der Waals surface area (Å²) in [6.07, 6.45) is 0.